The first-order valence-electron chi connectivity index (χ1n) is 8.53. The molecule has 0 N–H and O–H groups in total. The first kappa shape index (κ1) is 16.6. The maximum atomic E-state index is 5.83. The molecule has 0 aliphatic heterocycles. The summed E-state index contributed by atoms with van der Waals surface area (Å²) in [5, 5.41) is 2.15. The van der Waals surface area contributed by atoms with Crippen molar-refractivity contribution in [1.82, 2.24) is 4.57 Å². The van der Waals surface area contributed by atoms with Gasteiger partial charge in [-0.25, -0.2) is 0 Å². The fourth-order valence-electron chi connectivity index (χ4n) is 3.26. The molecule has 2 nitrogen and oxygen atoms in total. The van der Waals surface area contributed by atoms with E-state index in [9.17, 15) is 0 Å². The van der Waals surface area contributed by atoms with E-state index >= 15 is 0 Å². The Labute approximate surface area is 158 Å². The van der Waals surface area contributed by atoms with E-state index in [0.29, 0.717) is 0 Å². The Balaban J connectivity index is 2.10. The van der Waals surface area contributed by atoms with Crippen LogP contribution in [0.15, 0.2) is 79.0 Å². The Morgan fingerprint density at radius 2 is 1.65 bits per heavy atom. The van der Waals surface area contributed by atoms with Crippen LogP contribution in [0.1, 0.15) is 5.56 Å². The minimum absolute atomic E-state index is 0.799. The van der Waals surface area contributed by atoms with Gasteiger partial charge >= 0.3 is 0 Å². The monoisotopic (exact) mass is 357 g/mol. The van der Waals surface area contributed by atoms with Gasteiger partial charge in [0.1, 0.15) is 10.4 Å². The van der Waals surface area contributed by atoms with Crippen molar-refractivity contribution in [2.45, 2.75) is 6.92 Å². The van der Waals surface area contributed by atoms with Gasteiger partial charge in [0.25, 0.3) is 0 Å². The van der Waals surface area contributed by atoms with E-state index in [4.69, 9.17) is 17.0 Å². The van der Waals surface area contributed by atoms with Gasteiger partial charge in [-0.3, -0.25) is 0 Å². The second kappa shape index (κ2) is 6.77. The lowest BCUT2D eigenvalue weighted by atomic mass is 10.0. The highest BCUT2D eigenvalue weighted by Crippen LogP contribution is 2.33. The van der Waals surface area contributed by atoms with Crippen LogP contribution in [0.2, 0.25) is 0 Å². The summed E-state index contributed by atoms with van der Waals surface area (Å²) in [7, 11) is 1.69. The van der Waals surface area contributed by atoms with Crippen molar-refractivity contribution in [1.29, 1.82) is 0 Å². The molecule has 0 bridgehead atoms. The number of benzene rings is 3. The summed E-state index contributed by atoms with van der Waals surface area (Å²) in [6.45, 7) is 2.09. The third-order valence-corrected chi connectivity index (χ3v) is 5.01. The van der Waals surface area contributed by atoms with Gasteiger partial charge in [0.2, 0.25) is 0 Å². The van der Waals surface area contributed by atoms with Crippen LogP contribution in [-0.4, -0.2) is 11.7 Å². The van der Waals surface area contributed by atoms with E-state index in [1.54, 1.807) is 7.11 Å². The van der Waals surface area contributed by atoms with E-state index in [1.165, 1.54) is 5.56 Å². The number of hydrogen-bond donors (Lipinski definition) is 0. The molecule has 1 aromatic heterocycles. The van der Waals surface area contributed by atoms with Gasteiger partial charge in [0.05, 0.1) is 7.11 Å². The number of nitrogens with zero attached hydrogens (tertiary/aromatic N) is 1. The first-order chi connectivity index (χ1) is 12.7. The first-order valence-corrected chi connectivity index (χ1v) is 8.94. The fourth-order valence-corrected chi connectivity index (χ4v) is 3.60. The standard InChI is InChI=1S/C23H19NOS/c1-16-7-6-10-18(13-16)24-15-22(17-8-4-3-5-9-17)21-14-19(25-2)11-12-20(21)23(24)26/h3-15H,1-2H3. The molecule has 0 spiro atoms. The van der Waals surface area contributed by atoms with Crippen molar-refractivity contribution in [3.05, 3.63) is 89.2 Å². The summed E-state index contributed by atoms with van der Waals surface area (Å²) in [6, 6.07) is 24.9. The molecule has 1 heterocycles. The Morgan fingerprint density at radius 3 is 2.38 bits per heavy atom. The average molecular weight is 357 g/mol. The molecule has 3 heteroatoms. The second-order valence-corrected chi connectivity index (χ2v) is 6.72. The number of methoxy groups -OCH3 is 1. The van der Waals surface area contributed by atoms with E-state index < -0.39 is 0 Å². The largest absolute Gasteiger partial charge is 0.497 e. The van der Waals surface area contributed by atoms with Crippen LogP contribution >= 0.6 is 12.2 Å². The molecule has 0 atom stereocenters. The number of aromatic nitrogens is 1. The Kier molecular flexibility index (Phi) is 4.31. The number of aryl methyl sites for hydroxylation is 1. The quantitative estimate of drug-likeness (QED) is 0.397. The number of hydrogen-bond acceptors (Lipinski definition) is 2. The third kappa shape index (κ3) is 2.91. The number of rotatable bonds is 3. The van der Waals surface area contributed by atoms with Gasteiger partial charge in [-0.1, -0.05) is 54.7 Å². The maximum absolute atomic E-state index is 5.83. The van der Waals surface area contributed by atoms with E-state index in [1.807, 2.05) is 12.1 Å². The van der Waals surface area contributed by atoms with Crippen molar-refractivity contribution < 1.29 is 4.74 Å². The number of fused-ring (bicyclic) bond motifs is 1. The third-order valence-electron chi connectivity index (χ3n) is 4.59. The highest BCUT2D eigenvalue weighted by Gasteiger charge is 2.11. The van der Waals surface area contributed by atoms with Crippen molar-refractivity contribution in [3.63, 3.8) is 0 Å². The van der Waals surface area contributed by atoms with Crippen LogP contribution in [0.4, 0.5) is 0 Å². The van der Waals surface area contributed by atoms with Crippen LogP contribution in [-0.2, 0) is 0 Å². The van der Waals surface area contributed by atoms with Crippen molar-refractivity contribution in [2.24, 2.45) is 0 Å². The molecular formula is C23H19NOS. The number of ether oxygens (including phenoxy) is 1. The number of pyridine rings is 1. The SMILES string of the molecule is COc1ccc2c(=S)n(-c3cccc(C)c3)cc(-c3ccccc3)c2c1. The summed E-state index contributed by atoms with van der Waals surface area (Å²) in [6.07, 6.45) is 2.13. The lowest BCUT2D eigenvalue weighted by molar-refractivity contribution is 0.415. The van der Waals surface area contributed by atoms with Gasteiger partial charge in [-0.05, 0) is 53.8 Å². The van der Waals surface area contributed by atoms with Crippen LogP contribution in [0.25, 0.3) is 27.6 Å². The van der Waals surface area contributed by atoms with Gasteiger partial charge < -0.3 is 9.30 Å². The van der Waals surface area contributed by atoms with Crippen LogP contribution < -0.4 is 4.74 Å². The lowest BCUT2D eigenvalue weighted by Gasteiger charge is -2.15. The van der Waals surface area contributed by atoms with Gasteiger partial charge in [-0.2, -0.15) is 0 Å². The molecule has 0 saturated carbocycles. The normalized spacial score (nSPS) is 10.8. The second-order valence-electron chi connectivity index (χ2n) is 6.33. The molecule has 4 aromatic rings. The van der Waals surface area contributed by atoms with E-state index in [-0.39, 0.29) is 0 Å². The molecule has 0 radical (unpaired) electrons. The maximum Gasteiger partial charge on any atom is 0.119 e. The highest BCUT2D eigenvalue weighted by molar-refractivity contribution is 7.71. The predicted octanol–water partition coefficient (Wildman–Crippen LogP) is 6.34. The molecule has 0 aliphatic rings. The van der Waals surface area contributed by atoms with Crippen molar-refractivity contribution in [3.8, 4) is 22.6 Å². The molecule has 0 fully saturated rings. The molecule has 4 rings (SSSR count). The van der Waals surface area contributed by atoms with Gasteiger partial charge in [0, 0.05) is 22.8 Å². The topological polar surface area (TPSA) is 14.2 Å². The summed E-state index contributed by atoms with van der Waals surface area (Å²) >= 11 is 5.83. The average Bonchev–Trinajstić information content (AvgIpc) is 2.68. The minimum atomic E-state index is 0.799. The van der Waals surface area contributed by atoms with Gasteiger partial charge in [-0.15, -0.1) is 0 Å². The Hall–Kier alpha value is -2.91. The smallest absolute Gasteiger partial charge is 0.119 e. The van der Waals surface area contributed by atoms with E-state index in [0.717, 1.165) is 38.0 Å². The summed E-state index contributed by atoms with van der Waals surface area (Å²) in [4.78, 5) is 0. The van der Waals surface area contributed by atoms with Crippen LogP contribution in [0, 0.1) is 11.6 Å². The van der Waals surface area contributed by atoms with Crippen molar-refractivity contribution >= 4 is 23.0 Å². The fraction of sp³-hybridized carbons (Fsp3) is 0.0870. The summed E-state index contributed by atoms with van der Waals surface area (Å²) in [5.74, 6) is 0.831. The van der Waals surface area contributed by atoms with Gasteiger partial charge in [0.15, 0.2) is 0 Å². The molecule has 26 heavy (non-hydrogen) atoms. The molecular weight excluding hydrogens is 338 g/mol. The Morgan fingerprint density at radius 1 is 0.846 bits per heavy atom. The molecule has 128 valence electrons. The zero-order chi connectivity index (χ0) is 18.1. The highest BCUT2D eigenvalue weighted by atomic mass is 32.1. The molecule has 3 aromatic carbocycles. The minimum Gasteiger partial charge on any atom is -0.497 e. The van der Waals surface area contributed by atoms with Crippen LogP contribution in [0.3, 0.4) is 0 Å². The zero-order valence-electron chi connectivity index (χ0n) is 14.8. The van der Waals surface area contributed by atoms with Crippen molar-refractivity contribution in [2.75, 3.05) is 7.11 Å². The molecule has 0 amide bonds. The predicted molar refractivity (Wildman–Crippen MR) is 111 cm³/mol. The Bertz CT molecular complexity index is 1150. The molecule has 0 aliphatic carbocycles. The van der Waals surface area contributed by atoms with Crippen LogP contribution in [0.5, 0.6) is 5.75 Å². The molecule has 0 unspecified atom stereocenters. The lowest BCUT2D eigenvalue weighted by Crippen LogP contribution is -2.00. The van der Waals surface area contributed by atoms with E-state index in [2.05, 4.69) is 78.4 Å². The zero-order valence-corrected chi connectivity index (χ0v) is 15.6. The molecule has 0 saturated heterocycles. The summed E-state index contributed by atoms with van der Waals surface area (Å²) in [5.41, 5.74) is 4.57. The summed E-state index contributed by atoms with van der Waals surface area (Å²) < 4.78 is 8.34.